The maximum atomic E-state index is 13.3. The van der Waals surface area contributed by atoms with Crippen LogP contribution in [-0.4, -0.2) is 16.0 Å². The molecule has 0 bridgehead atoms. The highest BCUT2D eigenvalue weighted by Crippen LogP contribution is 2.14. The molecule has 1 aromatic rings. The molecule has 1 rings (SSSR count). The van der Waals surface area contributed by atoms with Crippen molar-refractivity contribution in [1.29, 1.82) is 0 Å². The van der Waals surface area contributed by atoms with Gasteiger partial charge < -0.3 is 11.1 Å². The standard InChI is InChI=1S/C12H21FN4/c1-8(2)5-4-6-9(3)16-11-10(13)7-15-12(14)17-11/h7-9H,4-6H2,1-3H3,(H3,14,15,16,17). The number of anilines is 2. The van der Waals surface area contributed by atoms with Gasteiger partial charge in [-0.15, -0.1) is 0 Å². The number of nitrogens with zero attached hydrogens (tertiary/aromatic N) is 2. The Morgan fingerprint density at radius 3 is 2.71 bits per heavy atom. The normalized spacial score (nSPS) is 12.8. The Kier molecular flexibility index (Phi) is 5.12. The molecule has 0 saturated heterocycles. The third-order valence-electron chi connectivity index (χ3n) is 2.56. The lowest BCUT2D eigenvalue weighted by atomic mass is 10.0. The highest BCUT2D eigenvalue weighted by Gasteiger charge is 2.09. The van der Waals surface area contributed by atoms with E-state index in [2.05, 4.69) is 29.1 Å². The highest BCUT2D eigenvalue weighted by molar-refractivity contribution is 5.39. The molecule has 3 N–H and O–H groups in total. The molecule has 0 aliphatic carbocycles. The van der Waals surface area contributed by atoms with Crippen LogP contribution in [0.1, 0.15) is 40.0 Å². The number of nitrogens with two attached hydrogens (primary N) is 1. The second-order valence-corrected chi connectivity index (χ2v) is 4.79. The van der Waals surface area contributed by atoms with E-state index < -0.39 is 5.82 Å². The zero-order valence-corrected chi connectivity index (χ0v) is 10.7. The summed E-state index contributed by atoms with van der Waals surface area (Å²) in [7, 11) is 0. The van der Waals surface area contributed by atoms with Crippen LogP contribution < -0.4 is 11.1 Å². The van der Waals surface area contributed by atoms with Crippen molar-refractivity contribution >= 4 is 11.8 Å². The largest absolute Gasteiger partial charge is 0.368 e. The second-order valence-electron chi connectivity index (χ2n) is 4.79. The van der Waals surface area contributed by atoms with Crippen molar-refractivity contribution in [1.82, 2.24) is 9.97 Å². The summed E-state index contributed by atoms with van der Waals surface area (Å²) in [6, 6.07) is 0.178. The van der Waals surface area contributed by atoms with E-state index >= 15 is 0 Å². The van der Waals surface area contributed by atoms with Gasteiger partial charge in [-0.3, -0.25) is 0 Å². The van der Waals surface area contributed by atoms with E-state index in [4.69, 9.17) is 5.73 Å². The van der Waals surface area contributed by atoms with Crippen molar-refractivity contribution in [3.8, 4) is 0 Å². The molecule has 96 valence electrons. The highest BCUT2D eigenvalue weighted by atomic mass is 19.1. The Balaban J connectivity index is 2.44. The lowest BCUT2D eigenvalue weighted by molar-refractivity contribution is 0.518. The van der Waals surface area contributed by atoms with Gasteiger partial charge in [0.25, 0.3) is 0 Å². The minimum Gasteiger partial charge on any atom is -0.368 e. The Bertz CT molecular complexity index is 354. The molecule has 0 radical (unpaired) electrons. The molecule has 0 spiro atoms. The summed E-state index contributed by atoms with van der Waals surface area (Å²) >= 11 is 0. The predicted octanol–water partition coefficient (Wildman–Crippen LogP) is 2.82. The number of hydrogen-bond donors (Lipinski definition) is 2. The van der Waals surface area contributed by atoms with Crippen LogP contribution in [-0.2, 0) is 0 Å². The van der Waals surface area contributed by atoms with Crippen molar-refractivity contribution < 1.29 is 4.39 Å². The number of aromatic nitrogens is 2. The van der Waals surface area contributed by atoms with Gasteiger partial charge in [-0.05, 0) is 19.3 Å². The minimum absolute atomic E-state index is 0.0864. The lowest BCUT2D eigenvalue weighted by Crippen LogP contribution is -2.18. The molecule has 4 nitrogen and oxygen atoms in total. The zero-order valence-electron chi connectivity index (χ0n) is 10.7. The quantitative estimate of drug-likeness (QED) is 0.802. The Morgan fingerprint density at radius 2 is 2.06 bits per heavy atom. The first-order valence-electron chi connectivity index (χ1n) is 6.03. The summed E-state index contributed by atoms with van der Waals surface area (Å²) < 4.78 is 13.3. The molecular formula is C12H21FN4. The van der Waals surface area contributed by atoms with Crippen LogP contribution in [0.4, 0.5) is 16.2 Å². The van der Waals surface area contributed by atoms with Gasteiger partial charge in [-0.2, -0.15) is 4.98 Å². The molecule has 5 heteroatoms. The molecule has 0 aliphatic heterocycles. The first kappa shape index (κ1) is 13.7. The monoisotopic (exact) mass is 240 g/mol. The first-order chi connectivity index (χ1) is 7.99. The third kappa shape index (κ3) is 4.97. The molecule has 0 fully saturated rings. The van der Waals surface area contributed by atoms with E-state index in [9.17, 15) is 4.39 Å². The van der Waals surface area contributed by atoms with Gasteiger partial charge >= 0.3 is 0 Å². The maximum Gasteiger partial charge on any atom is 0.222 e. The van der Waals surface area contributed by atoms with Crippen LogP contribution in [0.5, 0.6) is 0 Å². The van der Waals surface area contributed by atoms with Crippen LogP contribution in [0.15, 0.2) is 6.20 Å². The number of halogens is 1. The molecule has 0 aliphatic rings. The molecule has 0 aromatic carbocycles. The van der Waals surface area contributed by atoms with Crippen LogP contribution in [0, 0.1) is 11.7 Å². The maximum absolute atomic E-state index is 13.3. The fraction of sp³-hybridized carbons (Fsp3) is 0.667. The van der Waals surface area contributed by atoms with Gasteiger partial charge in [0.05, 0.1) is 6.20 Å². The minimum atomic E-state index is -0.463. The van der Waals surface area contributed by atoms with Gasteiger partial charge in [0.15, 0.2) is 11.6 Å². The van der Waals surface area contributed by atoms with Crippen LogP contribution in [0.25, 0.3) is 0 Å². The summed E-state index contributed by atoms with van der Waals surface area (Å²) in [6.45, 7) is 6.41. The molecule has 1 heterocycles. The zero-order chi connectivity index (χ0) is 12.8. The average molecular weight is 240 g/mol. The Hall–Kier alpha value is -1.39. The van der Waals surface area contributed by atoms with E-state index in [1.54, 1.807) is 0 Å². The fourth-order valence-corrected chi connectivity index (χ4v) is 1.62. The van der Waals surface area contributed by atoms with Gasteiger partial charge in [-0.1, -0.05) is 26.7 Å². The fourth-order valence-electron chi connectivity index (χ4n) is 1.62. The summed E-state index contributed by atoms with van der Waals surface area (Å²) in [4.78, 5) is 7.42. The second kappa shape index (κ2) is 6.37. The van der Waals surface area contributed by atoms with Crippen molar-refractivity contribution in [2.45, 2.75) is 46.1 Å². The topological polar surface area (TPSA) is 63.8 Å². The molecule has 0 amide bonds. The van der Waals surface area contributed by atoms with Crippen LogP contribution in [0.2, 0.25) is 0 Å². The molecule has 1 atom stereocenters. The van der Waals surface area contributed by atoms with Crippen molar-refractivity contribution in [3.05, 3.63) is 12.0 Å². The van der Waals surface area contributed by atoms with Gasteiger partial charge in [-0.25, -0.2) is 9.37 Å². The first-order valence-corrected chi connectivity index (χ1v) is 6.03. The van der Waals surface area contributed by atoms with Gasteiger partial charge in [0.2, 0.25) is 5.95 Å². The van der Waals surface area contributed by atoms with Gasteiger partial charge in [0.1, 0.15) is 0 Å². The Morgan fingerprint density at radius 1 is 1.35 bits per heavy atom. The molecule has 1 unspecified atom stereocenters. The third-order valence-corrected chi connectivity index (χ3v) is 2.56. The summed E-state index contributed by atoms with van der Waals surface area (Å²) in [5.74, 6) is 0.515. The average Bonchev–Trinajstić information content (AvgIpc) is 2.23. The lowest BCUT2D eigenvalue weighted by Gasteiger charge is -2.15. The van der Waals surface area contributed by atoms with Crippen molar-refractivity contribution in [2.75, 3.05) is 11.1 Å². The van der Waals surface area contributed by atoms with Crippen molar-refractivity contribution in [2.24, 2.45) is 5.92 Å². The van der Waals surface area contributed by atoms with Gasteiger partial charge in [0, 0.05) is 6.04 Å². The van der Waals surface area contributed by atoms with E-state index in [1.165, 1.54) is 6.42 Å². The molecule has 0 saturated carbocycles. The molecule has 17 heavy (non-hydrogen) atoms. The molecule has 1 aromatic heterocycles. The smallest absolute Gasteiger partial charge is 0.222 e. The van der Waals surface area contributed by atoms with Crippen LogP contribution >= 0.6 is 0 Å². The number of hydrogen-bond acceptors (Lipinski definition) is 4. The van der Waals surface area contributed by atoms with E-state index in [1.807, 2.05) is 6.92 Å². The van der Waals surface area contributed by atoms with Crippen LogP contribution in [0.3, 0.4) is 0 Å². The summed E-state index contributed by atoms with van der Waals surface area (Å²) in [6.07, 6.45) is 4.38. The number of nitrogen functional groups attached to an aromatic ring is 1. The summed E-state index contributed by atoms with van der Waals surface area (Å²) in [5.41, 5.74) is 5.41. The Labute approximate surface area is 102 Å². The number of rotatable bonds is 6. The molecular weight excluding hydrogens is 219 g/mol. The number of nitrogens with one attached hydrogen (secondary N) is 1. The van der Waals surface area contributed by atoms with Crippen molar-refractivity contribution in [3.63, 3.8) is 0 Å². The SMILES string of the molecule is CC(C)CCCC(C)Nc1nc(N)ncc1F. The van der Waals surface area contributed by atoms with E-state index in [-0.39, 0.29) is 17.8 Å². The predicted molar refractivity (Wildman–Crippen MR) is 68.2 cm³/mol. The summed E-state index contributed by atoms with van der Waals surface area (Å²) in [5, 5.41) is 3.02. The van der Waals surface area contributed by atoms with E-state index in [0.717, 1.165) is 19.0 Å². The van der Waals surface area contributed by atoms with E-state index in [0.29, 0.717) is 5.92 Å².